The van der Waals surface area contributed by atoms with Crippen LogP contribution in [0.4, 0.5) is 0 Å². The molecule has 0 aliphatic heterocycles. The summed E-state index contributed by atoms with van der Waals surface area (Å²) in [5.41, 5.74) is 2.68. The molecule has 1 aliphatic carbocycles. The van der Waals surface area contributed by atoms with Crippen LogP contribution < -0.4 is 4.72 Å². The fourth-order valence-electron chi connectivity index (χ4n) is 4.36. The molecule has 3 nitrogen and oxygen atoms in total. The van der Waals surface area contributed by atoms with E-state index in [9.17, 15) is 8.42 Å². The Morgan fingerprint density at radius 1 is 0.839 bits per heavy atom. The van der Waals surface area contributed by atoms with Crippen molar-refractivity contribution in [2.75, 3.05) is 6.54 Å². The molecule has 0 spiro atoms. The summed E-state index contributed by atoms with van der Waals surface area (Å²) in [6.07, 6.45) is 9.30. The molecule has 1 aliphatic rings. The lowest BCUT2D eigenvalue weighted by molar-refractivity contribution is 0.376. The van der Waals surface area contributed by atoms with Crippen molar-refractivity contribution in [1.29, 1.82) is 0 Å². The van der Waals surface area contributed by atoms with Crippen molar-refractivity contribution in [2.45, 2.75) is 23.7 Å². The first kappa shape index (κ1) is 21.3. The molecule has 158 valence electrons. The summed E-state index contributed by atoms with van der Waals surface area (Å²) in [4.78, 5) is 0.284. The molecule has 0 bridgehead atoms. The highest BCUT2D eigenvalue weighted by Gasteiger charge is 2.41. The van der Waals surface area contributed by atoms with Gasteiger partial charge in [0.1, 0.15) is 0 Å². The predicted molar refractivity (Wildman–Crippen MR) is 126 cm³/mol. The summed E-state index contributed by atoms with van der Waals surface area (Å²) in [6.45, 7) is 2.21. The van der Waals surface area contributed by atoms with Crippen molar-refractivity contribution < 1.29 is 8.42 Å². The molecule has 3 aromatic rings. The van der Waals surface area contributed by atoms with Gasteiger partial charge >= 0.3 is 0 Å². The van der Waals surface area contributed by atoms with Gasteiger partial charge in [0.05, 0.1) is 4.90 Å². The van der Waals surface area contributed by atoms with Gasteiger partial charge in [-0.15, -0.1) is 0 Å². The molecule has 0 heterocycles. The second-order valence-electron chi connectivity index (χ2n) is 8.00. The lowest BCUT2D eigenvalue weighted by Crippen LogP contribution is -2.46. The number of hydrogen-bond donors (Lipinski definition) is 1. The first-order valence-corrected chi connectivity index (χ1v) is 12.0. The number of benzene rings is 3. The average Bonchev–Trinajstić information content (AvgIpc) is 2.82. The first-order chi connectivity index (χ1) is 15.0. The second kappa shape index (κ2) is 9.04. The van der Waals surface area contributed by atoms with E-state index in [0.29, 0.717) is 0 Å². The highest BCUT2D eigenvalue weighted by Crippen LogP contribution is 2.42. The van der Waals surface area contributed by atoms with Crippen LogP contribution in [-0.2, 0) is 15.4 Å². The normalized spacial score (nSPS) is 16.4. The van der Waals surface area contributed by atoms with Crippen LogP contribution in [0.1, 0.15) is 23.1 Å². The standard InChI is InChI=1S/C27H27NO2S/c1-22-17-19-26(20-18-22)31(29,30)28-21-27(23-11-5-2-6-12-23,24-13-7-3-8-14-24)25-15-9-4-10-16-25/h2-15,17-20,25,28H,16,21H2,1H3. The SMILES string of the molecule is Cc1ccc(S(=O)(=O)NCC(c2ccccc2)(c2ccccc2)C2C=CC=CC2)cc1. The summed E-state index contributed by atoms with van der Waals surface area (Å²) < 4.78 is 29.3. The largest absolute Gasteiger partial charge is 0.240 e. The van der Waals surface area contributed by atoms with Crippen LogP contribution in [0.25, 0.3) is 0 Å². The average molecular weight is 430 g/mol. The number of nitrogens with one attached hydrogen (secondary N) is 1. The van der Waals surface area contributed by atoms with E-state index >= 15 is 0 Å². The third-order valence-electron chi connectivity index (χ3n) is 6.06. The fourth-order valence-corrected chi connectivity index (χ4v) is 5.44. The first-order valence-electron chi connectivity index (χ1n) is 10.5. The Hall–Kier alpha value is -2.95. The molecule has 0 fully saturated rings. The summed E-state index contributed by atoms with van der Waals surface area (Å²) in [6, 6.07) is 27.4. The Morgan fingerprint density at radius 3 is 1.94 bits per heavy atom. The van der Waals surface area contributed by atoms with Crippen molar-refractivity contribution in [3.05, 3.63) is 126 Å². The van der Waals surface area contributed by atoms with E-state index in [1.165, 1.54) is 0 Å². The highest BCUT2D eigenvalue weighted by atomic mass is 32.2. The van der Waals surface area contributed by atoms with Gasteiger partial charge in [-0.2, -0.15) is 0 Å². The Morgan fingerprint density at radius 2 is 1.42 bits per heavy atom. The maximum Gasteiger partial charge on any atom is 0.240 e. The summed E-state index contributed by atoms with van der Waals surface area (Å²) in [5, 5.41) is 0. The van der Waals surface area contributed by atoms with Gasteiger partial charge in [0.2, 0.25) is 10.0 Å². The maximum absolute atomic E-state index is 13.2. The summed E-state index contributed by atoms with van der Waals surface area (Å²) in [5.74, 6) is 0.114. The molecule has 1 atom stereocenters. The third-order valence-corrected chi connectivity index (χ3v) is 7.48. The fraction of sp³-hybridized carbons (Fsp3) is 0.185. The highest BCUT2D eigenvalue weighted by molar-refractivity contribution is 7.89. The molecule has 0 amide bonds. The molecule has 4 rings (SSSR count). The van der Waals surface area contributed by atoms with Crippen molar-refractivity contribution in [3.63, 3.8) is 0 Å². The minimum atomic E-state index is -3.66. The molecule has 1 N–H and O–H groups in total. The van der Waals surface area contributed by atoms with Crippen molar-refractivity contribution in [3.8, 4) is 0 Å². The van der Waals surface area contributed by atoms with Crippen LogP contribution in [-0.4, -0.2) is 15.0 Å². The van der Waals surface area contributed by atoms with Gasteiger partial charge in [-0.1, -0.05) is 103 Å². The molecular formula is C27H27NO2S. The number of hydrogen-bond acceptors (Lipinski definition) is 2. The van der Waals surface area contributed by atoms with E-state index in [2.05, 4.69) is 47.2 Å². The number of rotatable bonds is 7. The van der Waals surface area contributed by atoms with Crippen LogP contribution in [0.15, 0.2) is 114 Å². The van der Waals surface area contributed by atoms with E-state index in [4.69, 9.17) is 0 Å². The lowest BCUT2D eigenvalue weighted by Gasteiger charge is -2.41. The second-order valence-corrected chi connectivity index (χ2v) is 9.76. The minimum absolute atomic E-state index is 0.114. The van der Waals surface area contributed by atoms with E-state index in [0.717, 1.165) is 23.1 Å². The van der Waals surface area contributed by atoms with E-state index in [-0.39, 0.29) is 17.4 Å². The van der Waals surface area contributed by atoms with E-state index in [1.807, 2.05) is 61.5 Å². The molecule has 3 aromatic carbocycles. The Labute approximate surface area is 185 Å². The number of allylic oxidation sites excluding steroid dienone is 4. The van der Waals surface area contributed by atoms with E-state index < -0.39 is 15.4 Å². The van der Waals surface area contributed by atoms with E-state index in [1.54, 1.807) is 12.1 Å². The van der Waals surface area contributed by atoms with Gasteiger partial charge in [0, 0.05) is 12.0 Å². The summed E-state index contributed by atoms with van der Waals surface area (Å²) in [7, 11) is -3.66. The molecule has 4 heteroatoms. The van der Waals surface area contributed by atoms with Gasteiger partial charge in [-0.25, -0.2) is 13.1 Å². The monoisotopic (exact) mass is 429 g/mol. The van der Waals surface area contributed by atoms with Gasteiger partial charge in [0.25, 0.3) is 0 Å². The Bertz CT molecular complexity index is 1130. The van der Waals surface area contributed by atoms with Crippen LogP contribution in [0, 0.1) is 12.8 Å². The van der Waals surface area contributed by atoms with Crippen LogP contribution in [0.3, 0.4) is 0 Å². The van der Waals surface area contributed by atoms with Gasteiger partial charge < -0.3 is 0 Å². The third kappa shape index (κ3) is 4.41. The van der Waals surface area contributed by atoms with Crippen LogP contribution >= 0.6 is 0 Å². The molecule has 31 heavy (non-hydrogen) atoms. The molecule has 0 saturated heterocycles. The predicted octanol–water partition coefficient (Wildman–Crippen LogP) is 5.39. The van der Waals surface area contributed by atoms with Crippen molar-refractivity contribution >= 4 is 10.0 Å². The van der Waals surface area contributed by atoms with Crippen LogP contribution in [0.2, 0.25) is 0 Å². The van der Waals surface area contributed by atoms with Crippen molar-refractivity contribution in [1.82, 2.24) is 4.72 Å². The number of aryl methyl sites for hydroxylation is 1. The topological polar surface area (TPSA) is 46.2 Å². The van der Waals surface area contributed by atoms with Gasteiger partial charge in [0.15, 0.2) is 0 Å². The zero-order chi connectivity index (χ0) is 21.7. The molecule has 1 unspecified atom stereocenters. The molecular weight excluding hydrogens is 402 g/mol. The Balaban J connectivity index is 1.81. The lowest BCUT2D eigenvalue weighted by atomic mass is 9.64. The maximum atomic E-state index is 13.2. The zero-order valence-electron chi connectivity index (χ0n) is 17.6. The van der Waals surface area contributed by atoms with Gasteiger partial charge in [-0.3, -0.25) is 0 Å². The quantitative estimate of drug-likeness (QED) is 0.547. The summed E-state index contributed by atoms with van der Waals surface area (Å²) >= 11 is 0. The zero-order valence-corrected chi connectivity index (χ0v) is 18.4. The Kier molecular flexibility index (Phi) is 6.21. The molecule has 0 radical (unpaired) electrons. The van der Waals surface area contributed by atoms with Gasteiger partial charge in [-0.05, 0) is 42.5 Å². The molecule has 0 aromatic heterocycles. The number of sulfonamides is 1. The van der Waals surface area contributed by atoms with Crippen LogP contribution in [0.5, 0.6) is 0 Å². The van der Waals surface area contributed by atoms with Crippen molar-refractivity contribution in [2.24, 2.45) is 5.92 Å². The minimum Gasteiger partial charge on any atom is -0.210 e. The molecule has 0 saturated carbocycles. The smallest absolute Gasteiger partial charge is 0.210 e.